The van der Waals surface area contributed by atoms with Gasteiger partial charge in [0, 0.05) is 29.6 Å². The van der Waals surface area contributed by atoms with Crippen LogP contribution in [0.15, 0.2) is 12.2 Å². The molecule has 340 valence electrons. The number of carboxylic acids is 1. The van der Waals surface area contributed by atoms with Gasteiger partial charge in [-0.1, -0.05) is 61.5 Å². The zero-order valence-electron chi connectivity index (χ0n) is 38.5. The molecular formula is C47H82N2O10. The molecule has 6 aliphatic rings. The Hall–Kier alpha value is -1.19. The number of hydrogen-bond donors (Lipinski definition) is 5. The highest BCUT2D eigenvalue weighted by Gasteiger charge is 2.87. The second-order valence-electron chi connectivity index (χ2n) is 20.7. The highest BCUT2D eigenvalue weighted by Crippen LogP contribution is 2.72. The highest BCUT2D eigenvalue weighted by atomic mass is 16.8. The Balaban J connectivity index is 1.21. The lowest BCUT2D eigenvalue weighted by atomic mass is 9.72. The minimum Gasteiger partial charge on any atom is -0.481 e. The van der Waals surface area contributed by atoms with Gasteiger partial charge in [-0.25, -0.2) is 0 Å². The molecule has 6 rings (SSSR count). The van der Waals surface area contributed by atoms with E-state index in [0.29, 0.717) is 38.5 Å². The molecular weight excluding hydrogens is 753 g/mol. The van der Waals surface area contributed by atoms with E-state index in [1.54, 1.807) is 0 Å². The van der Waals surface area contributed by atoms with Crippen molar-refractivity contribution in [3.63, 3.8) is 0 Å². The lowest BCUT2D eigenvalue weighted by Crippen LogP contribution is -2.62. The van der Waals surface area contributed by atoms with Crippen LogP contribution in [0.2, 0.25) is 0 Å². The molecule has 0 amide bonds. The second kappa shape index (κ2) is 17.8. The molecule has 5 aliphatic heterocycles. The lowest BCUT2D eigenvalue weighted by Gasteiger charge is -2.53. The van der Waals surface area contributed by atoms with Crippen LogP contribution in [-0.2, 0) is 28.5 Å². The Morgan fingerprint density at radius 1 is 0.932 bits per heavy atom. The number of nitrogens with zero attached hydrogens (tertiary/aromatic N) is 1. The molecule has 12 heteroatoms. The van der Waals surface area contributed by atoms with Crippen LogP contribution in [0.25, 0.3) is 0 Å². The molecule has 1 saturated carbocycles. The molecule has 0 aromatic rings. The van der Waals surface area contributed by atoms with Crippen molar-refractivity contribution in [2.45, 2.75) is 204 Å². The van der Waals surface area contributed by atoms with E-state index in [0.717, 1.165) is 38.8 Å². The molecule has 2 spiro atoms. The van der Waals surface area contributed by atoms with Crippen molar-refractivity contribution in [3.8, 4) is 0 Å². The molecule has 0 radical (unpaired) electrons. The Kier molecular flexibility index (Phi) is 14.2. The number of aliphatic hydroxyl groups excluding tert-OH is 2. The van der Waals surface area contributed by atoms with E-state index >= 15 is 0 Å². The summed E-state index contributed by atoms with van der Waals surface area (Å²) in [4.78, 5) is 14.2. The number of fused-ring (bicyclic) bond motifs is 1. The Bertz CT molecular complexity index is 1480. The van der Waals surface area contributed by atoms with Crippen molar-refractivity contribution in [3.05, 3.63) is 12.2 Å². The van der Waals surface area contributed by atoms with Crippen LogP contribution in [-0.4, -0.2) is 130 Å². The van der Waals surface area contributed by atoms with Crippen LogP contribution in [0.3, 0.4) is 0 Å². The van der Waals surface area contributed by atoms with Crippen molar-refractivity contribution >= 4 is 5.97 Å². The number of hydrogen-bond acceptors (Lipinski definition) is 11. The Morgan fingerprint density at radius 3 is 2.25 bits per heavy atom. The molecule has 4 saturated heterocycles. The van der Waals surface area contributed by atoms with E-state index in [1.165, 1.54) is 0 Å². The lowest BCUT2D eigenvalue weighted by molar-refractivity contribution is -0.379. The number of carbonyl (C=O) groups is 1. The smallest absolute Gasteiger partial charge is 0.309 e. The minimum atomic E-state index is -1.09. The Morgan fingerprint density at radius 2 is 1.64 bits per heavy atom. The molecule has 5 heterocycles. The maximum absolute atomic E-state index is 12.2. The molecule has 5 fully saturated rings. The summed E-state index contributed by atoms with van der Waals surface area (Å²) < 4.78 is 35.1. The van der Waals surface area contributed by atoms with Crippen molar-refractivity contribution in [2.24, 2.45) is 47.3 Å². The van der Waals surface area contributed by atoms with Gasteiger partial charge in [0.15, 0.2) is 11.6 Å². The monoisotopic (exact) mass is 835 g/mol. The third-order valence-electron chi connectivity index (χ3n) is 16.6. The fourth-order valence-electron chi connectivity index (χ4n) is 12.4. The quantitative estimate of drug-likeness (QED) is 0.0844. The molecule has 0 aromatic carbocycles. The van der Waals surface area contributed by atoms with Gasteiger partial charge in [0.2, 0.25) is 0 Å². The normalized spacial score (nSPS) is 46.3. The predicted molar refractivity (Wildman–Crippen MR) is 226 cm³/mol. The summed E-state index contributed by atoms with van der Waals surface area (Å²) >= 11 is 0. The maximum Gasteiger partial charge on any atom is 0.309 e. The van der Waals surface area contributed by atoms with Crippen LogP contribution in [0.4, 0.5) is 0 Å². The number of aliphatic hydroxyl groups is 3. The van der Waals surface area contributed by atoms with Gasteiger partial charge in [0.1, 0.15) is 5.54 Å². The first kappa shape index (κ1) is 47.3. The van der Waals surface area contributed by atoms with E-state index in [2.05, 4.69) is 71.1 Å². The maximum atomic E-state index is 12.2. The first-order valence-electron chi connectivity index (χ1n) is 23.5. The van der Waals surface area contributed by atoms with Crippen LogP contribution in [0.5, 0.6) is 0 Å². The van der Waals surface area contributed by atoms with Crippen molar-refractivity contribution in [2.75, 3.05) is 27.2 Å². The van der Waals surface area contributed by atoms with E-state index in [-0.39, 0.29) is 59.9 Å². The number of aliphatic carboxylic acids is 1. The standard InChI is InChI=1S/C47H82N2O10/c1-13-33(42(52)53)35-18-17-27(4)40(56-35)31(8)38(50)30(7)39(51)34(14-2)41-28(5)25-29(6)46(57-41)22-21-45(48-23-16-24-49(11)12)36-26-43(10,58-47(36,45)59-46)37-19-20-44(54,15-3)32(9)55-37/h21-22,27-41,48,50-51,54H,13-20,23-26H2,1-12H3,(H,52,53)/t27-,28-,29+,30-,31-,32-,33+,34-,35+,36?,37+,38+,39?,40+,41-,43-,44+,45-,46?,47-/m0/s1. The summed E-state index contributed by atoms with van der Waals surface area (Å²) in [6.45, 7) is 22.2. The van der Waals surface area contributed by atoms with Gasteiger partial charge in [-0.15, -0.1) is 0 Å². The van der Waals surface area contributed by atoms with E-state index in [4.69, 9.17) is 23.7 Å². The van der Waals surface area contributed by atoms with Gasteiger partial charge in [0.05, 0.1) is 59.8 Å². The number of nitrogens with one attached hydrogen (secondary N) is 1. The van der Waals surface area contributed by atoms with Gasteiger partial charge in [-0.05, 0) is 123 Å². The molecule has 3 unspecified atom stereocenters. The van der Waals surface area contributed by atoms with Crippen LogP contribution < -0.4 is 5.32 Å². The van der Waals surface area contributed by atoms with Crippen LogP contribution >= 0.6 is 0 Å². The molecule has 0 bridgehead atoms. The summed E-state index contributed by atoms with van der Waals surface area (Å²) in [7, 11) is 4.18. The second-order valence-corrected chi connectivity index (χ2v) is 20.7. The average molecular weight is 835 g/mol. The van der Waals surface area contributed by atoms with Gasteiger partial charge >= 0.3 is 5.97 Å². The first-order chi connectivity index (χ1) is 27.7. The van der Waals surface area contributed by atoms with Crippen LogP contribution in [0, 0.1) is 47.3 Å². The third kappa shape index (κ3) is 8.37. The summed E-state index contributed by atoms with van der Waals surface area (Å²) in [6.07, 6.45) is 8.28. The van der Waals surface area contributed by atoms with E-state index in [9.17, 15) is 25.2 Å². The predicted octanol–water partition coefficient (Wildman–Crippen LogP) is 6.14. The molecule has 5 N–H and O–H groups in total. The van der Waals surface area contributed by atoms with Crippen molar-refractivity contribution in [1.82, 2.24) is 10.2 Å². The fourth-order valence-corrected chi connectivity index (χ4v) is 12.4. The van der Waals surface area contributed by atoms with Gasteiger partial charge < -0.3 is 54.3 Å². The number of ether oxygens (including phenoxy) is 5. The summed E-state index contributed by atoms with van der Waals surface area (Å²) in [6, 6.07) is 0. The van der Waals surface area contributed by atoms with Crippen molar-refractivity contribution < 1.29 is 48.9 Å². The zero-order valence-corrected chi connectivity index (χ0v) is 38.5. The Labute approximate surface area is 355 Å². The molecule has 20 atom stereocenters. The van der Waals surface area contributed by atoms with Crippen molar-refractivity contribution in [1.29, 1.82) is 0 Å². The molecule has 12 nitrogen and oxygen atoms in total. The number of carboxylic acid groups (broad SMARTS) is 1. The SMILES string of the molecule is CC[C@@H](C(=O)O)[C@H]1CC[C@H](C)[C@H]([C@@H](C)[C@H](O)[C@H](C)C(O)[C@H](CC)[C@H]2OC3(C=C[C@]4(NCCCN(C)C)C5C[C@@](C)([C@H]6CC[C@](O)(CC)[C@H](C)O6)O[C@]54O3)[C@H](C)C[C@@H]2C)O1. The highest BCUT2D eigenvalue weighted by molar-refractivity contribution is 5.70. The zero-order chi connectivity index (χ0) is 43.5. The summed E-state index contributed by atoms with van der Waals surface area (Å²) in [5.74, 6) is -4.27. The molecule has 0 aromatic heterocycles. The molecule has 59 heavy (non-hydrogen) atoms. The topological polar surface area (TPSA) is 159 Å². The van der Waals surface area contributed by atoms with Gasteiger partial charge in [-0.3, -0.25) is 4.79 Å². The first-order valence-corrected chi connectivity index (χ1v) is 23.5. The summed E-state index contributed by atoms with van der Waals surface area (Å²) in [5.41, 5.74) is -1.96. The average Bonchev–Trinajstić information content (AvgIpc) is 3.55. The number of rotatable bonds is 17. The van der Waals surface area contributed by atoms with E-state index < -0.39 is 64.4 Å². The molecule has 1 aliphatic carbocycles. The summed E-state index contributed by atoms with van der Waals surface area (Å²) in [5, 5.41) is 49.1. The third-order valence-corrected chi connectivity index (χ3v) is 16.6. The van der Waals surface area contributed by atoms with Gasteiger partial charge in [-0.2, -0.15) is 0 Å². The van der Waals surface area contributed by atoms with Crippen LogP contribution in [0.1, 0.15) is 133 Å². The van der Waals surface area contributed by atoms with Gasteiger partial charge in [0.25, 0.3) is 0 Å². The largest absolute Gasteiger partial charge is 0.481 e. The minimum absolute atomic E-state index is 0.00153. The fraction of sp³-hybridized carbons (Fsp3) is 0.936. The van der Waals surface area contributed by atoms with E-state index in [1.807, 2.05) is 34.6 Å².